The van der Waals surface area contributed by atoms with Crippen LogP contribution < -0.4 is 4.31 Å². The topological polar surface area (TPSA) is 78.0 Å². The molecule has 0 bridgehead atoms. The van der Waals surface area contributed by atoms with E-state index in [4.69, 9.17) is 0 Å². The molecule has 8 heteroatoms. The van der Waals surface area contributed by atoms with Gasteiger partial charge in [0.1, 0.15) is 0 Å². The molecule has 130 valence electrons. The van der Waals surface area contributed by atoms with Gasteiger partial charge in [-0.25, -0.2) is 12.7 Å². The first-order valence-electron chi connectivity index (χ1n) is 8.10. The maximum absolute atomic E-state index is 12.7. The molecular formula is C16H21N3O4S. The van der Waals surface area contributed by atoms with E-state index >= 15 is 0 Å². The number of rotatable bonds is 3. The van der Waals surface area contributed by atoms with Crippen LogP contribution in [0.25, 0.3) is 0 Å². The van der Waals surface area contributed by atoms with Gasteiger partial charge in [0.05, 0.1) is 11.4 Å². The van der Waals surface area contributed by atoms with Gasteiger partial charge >= 0.3 is 0 Å². The Bertz CT molecular complexity index is 754. The van der Waals surface area contributed by atoms with E-state index in [9.17, 15) is 18.0 Å². The third-order valence-corrected chi connectivity index (χ3v) is 6.20. The molecule has 7 nitrogen and oxygen atoms in total. The summed E-state index contributed by atoms with van der Waals surface area (Å²) in [5.41, 5.74) is 0.655. The smallest absolute Gasteiger partial charge is 0.254 e. The Hall–Kier alpha value is -1.93. The van der Waals surface area contributed by atoms with Crippen molar-refractivity contribution in [3.05, 3.63) is 29.8 Å². The van der Waals surface area contributed by atoms with Crippen molar-refractivity contribution in [3.8, 4) is 0 Å². The minimum Gasteiger partial charge on any atom is -0.336 e. The zero-order chi connectivity index (χ0) is 17.3. The van der Waals surface area contributed by atoms with Gasteiger partial charge in [-0.1, -0.05) is 13.0 Å². The first kappa shape index (κ1) is 16.9. The predicted octanol–water partition coefficient (Wildman–Crippen LogP) is 0.531. The molecule has 2 fully saturated rings. The van der Waals surface area contributed by atoms with Gasteiger partial charge in [-0.2, -0.15) is 0 Å². The summed E-state index contributed by atoms with van der Waals surface area (Å²) in [4.78, 5) is 28.6. The number of carbonyl (C=O) groups is 2. The summed E-state index contributed by atoms with van der Waals surface area (Å²) in [6, 6.07) is 6.32. The number of anilines is 1. The Morgan fingerprint density at radius 2 is 1.88 bits per heavy atom. The van der Waals surface area contributed by atoms with E-state index in [1.807, 2.05) is 0 Å². The molecule has 0 spiro atoms. The Morgan fingerprint density at radius 3 is 2.46 bits per heavy atom. The van der Waals surface area contributed by atoms with E-state index in [2.05, 4.69) is 11.8 Å². The quantitative estimate of drug-likeness (QED) is 0.794. The van der Waals surface area contributed by atoms with Crippen LogP contribution in [0.15, 0.2) is 24.3 Å². The van der Waals surface area contributed by atoms with Crippen molar-refractivity contribution in [3.63, 3.8) is 0 Å². The monoisotopic (exact) mass is 351 g/mol. The van der Waals surface area contributed by atoms with E-state index in [0.29, 0.717) is 18.7 Å². The number of piperazine rings is 1. The zero-order valence-corrected chi connectivity index (χ0v) is 14.5. The van der Waals surface area contributed by atoms with E-state index in [0.717, 1.165) is 23.9 Å². The minimum absolute atomic E-state index is 0.0144. The van der Waals surface area contributed by atoms with Crippen LogP contribution in [-0.4, -0.2) is 68.5 Å². The molecule has 2 aliphatic heterocycles. The molecular weight excluding hydrogens is 330 g/mol. The third-order valence-electron chi connectivity index (χ3n) is 4.51. The van der Waals surface area contributed by atoms with Gasteiger partial charge in [-0.3, -0.25) is 9.59 Å². The van der Waals surface area contributed by atoms with Gasteiger partial charge in [0.25, 0.3) is 5.91 Å². The standard InChI is InChI=1S/C16H21N3O4S/c1-2-17-7-9-18(10-8-17)16(21)13-4-3-5-14(12-13)19-15(20)6-11-24(19,22)23/h3-5,12H,2,6-11H2,1H3. The maximum Gasteiger partial charge on any atom is 0.254 e. The van der Waals surface area contributed by atoms with Crippen LogP contribution in [0.3, 0.4) is 0 Å². The van der Waals surface area contributed by atoms with E-state index in [1.165, 1.54) is 6.07 Å². The zero-order valence-electron chi connectivity index (χ0n) is 13.6. The van der Waals surface area contributed by atoms with Gasteiger partial charge in [-0.15, -0.1) is 0 Å². The van der Waals surface area contributed by atoms with Crippen molar-refractivity contribution < 1.29 is 18.0 Å². The average Bonchev–Trinajstić information content (AvgIpc) is 2.87. The van der Waals surface area contributed by atoms with Gasteiger partial charge in [-0.05, 0) is 24.7 Å². The third kappa shape index (κ3) is 3.16. The van der Waals surface area contributed by atoms with Gasteiger partial charge < -0.3 is 9.80 Å². The molecule has 2 heterocycles. The molecule has 2 amide bonds. The number of carbonyl (C=O) groups excluding carboxylic acids is 2. The van der Waals surface area contributed by atoms with Crippen LogP contribution in [0.1, 0.15) is 23.7 Å². The SMILES string of the molecule is CCN1CCN(C(=O)c2cccc(N3C(=O)CCS3(=O)=O)c2)CC1. The fraction of sp³-hybridized carbons (Fsp3) is 0.500. The van der Waals surface area contributed by atoms with Crippen molar-refractivity contribution >= 4 is 27.5 Å². The number of benzene rings is 1. The average molecular weight is 351 g/mol. The molecule has 0 aliphatic carbocycles. The van der Waals surface area contributed by atoms with Crippen LogP contribution in [0.2, 0.25) is 0 Å². The van der Waals surface area contributed by atoms with Crippen molar-refractivity contribution in [1.29, 1.82) is 0 Å². The molecule has 1 aromatic carbocycles. The first-order chi connectivity index (χ1) is 11.4. The Morgan fingerprint density at radius 1 is 1.17 bits per heavy atom. The van der Waals surface area contributed by atoms with Crippen molar-refractivity contribution in [2.45, 2.75) is 13.3 Å². The summed E-state index contributed by atoms with van der Waals surface area (Å²) < 4.78 is 24.9. The highest BCUT2D eigenvalue weighted by Gasteiger charge is 2.36. The molecule has 24 heavy (non-hydrogen) atoms. The Labute approximate surface area is 141 Å². The first-order valence-corrected chi connectivity index (χ1v) is 9.71. The largest absolute Gasteiger partial charge is 0.336 e. The number of nitrogens with zero attached hydrogens (tertiary/aromatic N) is 3. The van der Waals surface area contributed by atoms with Crippen LogP contribution >= 0.6 is 0 Å². The van der Waals surface area contributed by atoms with Gasteiger partial charge in [0, 0.05) is 38.2 Å². The van der Waals surface area contributed by atoms with E-state index < -0.39 is 15.9 Å². The molecule has 2 saturated heterocycles. The summed E-state index contributed by atoms with van der Waals surface area (Å²) in [5, 5.41) is 0. The summed E-state index contributed by atoms with van der Waals surface area (Å²) in [5.74, 6) is -0.754. The molecule has 0 saturated carbocycles. The lowest BCUT2D eigenvalue weighted by atomic mass is 10.1. The number of sulfonamides is 1. The Balaban J connectivity index is 1.81. The van der Waals surface area contributed by atoms with Crippen LogP contribution in [0, 0.1) is 0 Å². The molecule has 0 atom stereocenters. The Kier molecular flexibility index (Phi) is 4.60. The minimum atomic E-state index is -3.62. The lowest BCUT2D eigenvalue weighted by Crippen LogP contribution is -2.48. The highest BCUT2D eigenvalue weighted by molar-refractivity contribution is 7.94. The molecule has 0 N–H and O–H groups in total. The lowest BCUT2D eigenvalue weighted by Gasteiger charge is -2.34. The molecule has 0 aromatic heterocycles. The fourth-order valence-corrected chi connectivity index (χ4v) is 4.54. The maximum atomic E-state index is 12.7. The van der Waals surface area contributed by atoms with Crippen molar-refractivity contribution in [1.82, 2.24) is 9.80 Å². The number of amides is 2. The molecule has 1 aromatic rings. The summed E-state index contributed by atoms with van der Waals surface area (Å²) in [7, 11) is -3.62. The van der Waals surface area contributed by atoms with Crippen molar-refractivity contribution in [2.24, 2.45) is 0 Å². The van der Waals surface area contributed by atoms with Crippen LogP contribution in [0.4, 0.5) is 5.69 Å². The fourth-order valence-electron chi connectivity index (χ4n) is 3.08. The summed E-state index contributed by atoms with van der Waals surface area (Å²) in [6.07, 6.45) is -0.0144. The number of hydrogen-bond acceptors (Lipinski definition) is 5. The molecule has 0 radical (unpaired) electrons. The predicted molar refractivity (Wildman–Crippen MR) is 90.3 cm³/mol. The number of likely N-dealkylation sites (N-methyl/N-ethyl adjacent to an activating group) is 1. The van der Waals surface area contributed by atoms with Gasteiger partial charge in [0.2, 0.25) is 15.9 Å². The van der Waals surface area contributed by atoms with Crippen LogP contribution in [0.5, 0.6) is 0 Å². The second-order valence-corrected chi connectivity index (χ2v) is 7.94. The second-order valence-electron chi connectivity index (χ2n) is 6.00. The van der Waals surface area contributed by atoms with E-state index in [1.54, 1.807) is 23.1 Å². The van der Waals surface area contributed by atoms with Crippen molar-refractivity contribution in [2.75, 3.05) is 42.8 Å². The van der Waals surface area contributed by atoms with Crippen LogP contribution in [-0.2, 0) is 14.8 Å². The highest BCUT2D eigenvalue weighted by Crippen LogP contribution is 2.26. The second kappa shape index (κ2) is 6.52. The van der Waals surface area contributed by atoms with Gasteiger partial charge in [0.15, 0.2) is 0 Å². The molecule has 2 aliphatic rings. The van der Waals surface area contributed by atoms with E-state index in [-0.39, 0.29) is 23.8 Å². The lowest BCUT2D eigenvalue weighted by molar-refractivity contribution is -0.116. The normalized spacial score (nSPS) is 21.3. The number of hydrogen-bond donors (Lipinski definition) is 0. The summed E-state index contributed by atoms with van der Waals surface area (Å²) in [6.45, 7) is 6.03. The molecule has 3 rings (SSSR count). The summed E-state index contributed by atoms with van der Waals surface area (Å²) >= 11 is 0. The molecule has 0 unspecified atom stereocenters. The highest BCUT2D eigenvalue weighted by atomic mass is 32.2.